The van der Waals surface area contributed by atoms with Crippen molar-refractivity contribution >= 4 is 0 Å². The Balaban J connectivity index is 2.22. The van der Waals surface area contributed by atoms with Crippen LogP contribution in [0.1, 0.15) is 44.2 Å². The van der Waals surface area contributed by atoms with E-state index < -0.39 is 0 Å². The van der Waals surface area contributed by atoms with Gasteiger partial charge in [0, 0.05) is 11.6 Å². The van der Waals surface area contributed by atoms with Crippen LogP contribution in [0, 0.1) is 0 Å². The van der Waals surface area contributed by atoms with Crippen LogP contribution in [-0.4, -0.2) is 36.2 Å². The second kappa shape index (κ2) is 6.98. The summed E-state index contributed by atoms with van der Waals surface area (Å²) in [5.41, 5.74) is 2.55. The van der Waals surface area contributed by atoms with E-state index in [9.17, 15) is 5.11 Å². The van der Waals surface area contributed by atoms with Crippen LogP contribution in [0.2, 0.25) is 0 Å². The molecule has 0 saturated carbocycles. The van der Waals surface area contributed by atoms with Gasteiger partial charge in [-0.25, -0.2) is 0 Å². The number of benzene rings is 1. The minimum atomic E-state index is 0.268. The number of phenolic OH excluding ortho intramolecular Hbond substituents is 1. The summed E-state index contributed by atoms with van der Waals surface area (Å²) in [4.78, 5) is 2.60. The first kappa shape index (κ1) is 15.2. The molecule has 3 heteroatoms. The van der Waals surface area contributed by atoms with Crippen molar-refractivity contribution in [3.8, 4) is 11.5 Å². The maximum Gasteiger partial charge on any atom is 0.163 e. The van der Waals surface area contributed by atoms with Crippen molar-refractivity contribution < 1.29 is 9.84 Å². The highest BCUT2D eigenvalue weighted by Gasteiger charge is 2.26. The Bertz CT molecular complexity index is 439. The summed E-state index contributed by atoms with van der Waals surface area (Å²) in [6.07, 6.45) is 5.68. The number of hydrogen-bond donors (Lipinski definition) is 1. The zero-order valence-electron chi connectivity index (χ0n) is 13.0. The second-order valence-electron chi connectivity index (χ2n) is 5.69. The van der Waals surface area contributed by atoms with Gasteiger partial charge >= 0.3 is 0 Å². The molecule has 20 heavy (non-hydrogen) atoms. The Morgan fingerprint density at radius 3 is 2.55 bits per heavy atom. The van der Waals surface area contributed by atoms with Crippen molar-refractivity contribution in [2.24, 2.45) is 0 Å². The van der Waals surface area contributed by atoms with Gasteiger partial charge < -0.3 is 14.7 Å². The highest BCUT2D eigenvalue weighted by atomic mass is 16.5. The van der Waals surface area contributed by atoms with Crippen LogP contribution in [0.4, 0.5) is 0 Å². The average molecular weight is 277 g/mol. The Kier molecular flexibility index (Phi) is 5.30. The third-order valence-electron chi connectivity index (χ3n) is 4.27. The minimum Gasteiger partial charge on any atom is -0.504 e. The van der Waals surface area contributed by atoms with E-state index in [0.717, 1.165) is 25.9 Å². The molecule has 1 aliphatic carbocycles. The van der Waals surface area contributed by atoms with Crippen LogP contribution >= 0.6 is 0 Å². The fraction of sp³-hybridized carbons (Fsp3) is 0.647. The van der Waals surface area contributed by atoms with Gasteiger partial charge in [-0.1, -0.05) is 19.9 Å². The maximum atomic E-state index is 9.96. The normalized spacial score (nSPS) is 18.1. The number of nitrogens with zero attached hydrogens (tertiary/aromatic N) is 1. The molecule has 0 spiro atoms. The van der Waals surface area contributed by atoms with Crippen LogP contribution in [0.25, 0.3) is 0 Å². The predicted octanol–water partition coefficient (Wildman–Crippen LogP) is 3.38. The molecule has 1 unspecified atom stereocenters. The van der Waals surface area contributed by atoms with Gasteiger partial charge in [-0.05, 0) is 56.8 Å². The van der Waals surface area contributed by atoms with Gasteiger partial charge in [0.1, 0.15) is 0 Å². The summed E-state index contributed by atoms with van der Waals surface area (Å²) in [6, 6.07) is 4.39. The molecule has 1 N–H and O–H groups in total. The zero-order valence-corrected chi connectivity index (χ0v) is 13.0. The highest BCUT2D eigenvalue weighted by molar-refractivity contribution is 5.51. The number of methoxy groups -OCH3 is 1. The Labute approximate surface area is 122 Å². The van der Waals surface area contributed by atoms with Crippen LogP contribution in [-0.2, 0) is 12.8 Å². The molecule has 0 amide bonds. The highest BCUT2D eigenvalue weighted by Crippen LogP contribution is 2.37. The van der Waals surface area contributed by atoms with E-state index in [2.05, 4.69) is 18.7 Å². The largest absolute Gasteiger partial charge is 0.504 e. The molecule has 1 aromatic carbocycles. The summed E-state index contributed by atoms with van der Waals surface area (Å²) < 4.78 is 5.42. The molecule has 1 atom stereocenters. The lowest BCUT2D eigenvalue weighted by atomic mass is 9.86. The molecular weight excluding hydrogens is 250 g/mol. The fourth-order valence-corrected chi connectivity index (χ4v) is 3.36. The predicted molar refractivity (Wildman–Crippen MR) is 82.6 cm³/mol. The molecule has 1 aliphatic rings. The molecule has 112 valence electrons. The molecule has 0 aromatic heterocycles. The lowest BCUT2D eigenvalue weighted by Crippen LogP contribution is -2.40. The second-order valence-corrected chi connectivity index (χ2v) is 5.69. The van der Waals surface area contributed by atoms with Crippen molar-refractivity contribution in [1.29, 1.82) is 0 Å². The first-order chi connectivity index (χ1) is 9.71. The summed E-state index contributed by atoms with van der Waals surface area (Å²) in [6.45, 7) is 6.81. The number of rotatable bonds is 6. The van der Waals surface area contributed by atoms with Gasteiger partial charge in [0.2, 0.25) is 0 Å². The van der Waals surface area contributed by atoms with Crippen molar-refractivity contribution in [3.05, 3.63) is 23.3 Å². The molecule has 1 aromatic rings. The van der Waals surface area contributed by atoms with Gasteiger partial charge in [-0.2, -0.15) is 0 Å². The monoisotopic (exact) mass is 277 g/mol. The van der Waals surface area contributed by atoms with Crippen molar-refractivity contribution in [2.75, 3.05) is 20.2 Å². The number of hydrogen-bond acceptors (Lipinski definition) is 3. The lowest BCUT2D eigenvalue weighted by molar-refractivity contribution is 0.178. The number of phenols is 1. The third-order valence-corrected chi connectivity index (χ3v) is 4.27. The summed E-state index contributed by atoms with van der Waals surface area (Å²) >= 11 is 0. The van der Waals surface area contributed by atoms with Crippen molar-refractivity contribution in [2.45, 2.75) is 52.0 Å². The Hall–Kier alpha value is -1.22. The third kappa shape index (κ3) is 3.09. The first-order valence-electron chi connectivity index (χ1n) is 7.83. The first-order valence-corrected chi connectivity index (χ1v) is 7.83. The molecule has 0 heterocycles. The Morgan fingerprint density at radius 1 is 1.25 bits per heavy atom. The topological polar surface area (TPSA) is 32.7 Å². The molecule has 0 radical (unpaired) electrons. The van der Waals surface area contributed by atoms with E-state index in [1.165, 1.54) is 30.4 Å². The fourth-order valence-electron chi connectivity index (χ4n) is 3.36. The van der Waals surface area contributed by atoms with Gasteiger partial charge in [0.25, 0.3) is 0 Å². The van der Waals surface area contributed by atoms with E-state index in [1.807, 2.05) is 6.07 Å². The number of fused-ring (bicyclic) bond motifs is 1. The van der Waals surface area contributed by atoms with E-state index in [4.69, 9.17) is 4.74 Å². The van der Waals surface area contributed by atoms with Crippen LogP contribution < -0.4 is 4.74 Å². The van der Waals surface area contributed by atoms with Gasteiger partial charge in [0.05, 0.1) is 7.11 Å². The lowest BCUT2D eigenvalue weighted by Gasteiger charge is -2.35. The molecular formula is C17H27NO2. The van der Waals surface area contributed by atoms with Crippen molar-refractivity contribution in [3.63, 3.8) is 0 Å². The van der Waals surface area contributed by atoms with E-state index in [0.29, 0.717) is 11.8 Å². The molecule has 2 rings (SSSR count). The quantitative estimate of drug-likeness (QED) is 0.865. The number of ether oxygens (including phenoxy) is 1. The molecule has 0 aliphatic heterocycles. The van der Waals surface area contributed by atoms with E-state index >= 15 is 0 Å². The molecule has 3 nitrogen and oxygen atoms in total. The summed E-state index contributed by atoms with van der Waals surface area (Å²) in [5.74, 6) is 0.949. The molecule has 0 saturated heterocycles. The van der Waals surface area contributed by atoms with Crippen molar-refractivity contribution in [1.82, 2.24) is 4.90 Å². The summed E-state index contributed by atoms with van der Waals surface area (Å²) in [7, 11) is 1.65. The maximum absolute atomic E-state index is 9.96. The van der Waals surface area contributed by atoms with Crippen LogP contribution in [0.15, 0.2) is 12.1 Å². The average Bonchev–Trinajstić information content (AvgIpc) is 2.46. The van der Waals surface area contributed by atoms with Crippen LogP contribution in [0.5, 0.6) is 11.5 Å². The number of aromatic hydroxyl groups is 1. The Morgan fingerprint density at radius 2 is 1.95 bits per heavy atom. The zero-order chi connectivity index (χ0) is 14.5. The SMILES string of the molecule is CCCN(CCC)C1CCc2ccc(O)c(OC)c2C1. The van der Waals surface area contributed by atoms with Gasteiger partial charge in [0.15, 0.2) is 11.5 Å². The summed E-state index contributed by atoms with van der Waals surface area (Å²) in [5, 5.41) is 9.96. The van der Waals surface area contributed by atoms with E-state index in [-0.39, 0.29) is 5.75 Å². The standard InChI is InChI=1S/C17H27NO2/c1-4-10-18(11-5-2)14-8-6-13-7-9-16(19)17(20-3)15(13)12-14/h7,9,14,19H,4-6,8,10-12H2,1-3H3. The molecule has 0 fully saturated rings. The van der Waals surface area contributed by atoms with Gasteiger partial charge in [-0.3, -0.25) is 0 Å². The molecule has 0 bridgehead atoms. The van der Waals surface area contributed by atoms with Crippen LogP contribution in [0.3, 0.4) is 0 Å². The number of aryl methyl sites for hydroxylation is 1. The van der Waals surface area contributed by atoms with E-state index in [1.54, 1.807) is 13.2 Å². The van der Waals surface area contributed by atoms with Gasteiger partial charge in [-0.15, -0.1) is 0 Å². The smallest absolute Gasteiger partial charge is 0.163 e. The minimum absolute atomic E-state index is 0.268.